The standard InChI is InChI=1S/C37H33NO5S/c1-25(39)29-14-19-32-33(24-29)44-36(27-12-17-31(18-13-27)43-37(41)28-8-4-2-5-9-28)34(32)35(40)26-10-15-30(16-11-26)42-23-22-38-20-6-3-7-21-38/h2,4-5,8-19,24H,3,6-7,20-23H2,1H3. The van der Waals surface area contributed by atoms with Gasteiger partial charge in [0.2, 0.25) is 0 Å². The van der Waals surface area contributed by atoms with Gasteiger partial charge in [0.15, 0.2) is 11.6 Å². The Balaban J connectivity index is 1.25. The van der Waals surface area contributed by atoms with Crippen molar-refractivity contribution < 1.29 is 23.9 Å². The summed E-state index contributed by atoms with van der Waals surface area (Å²) >= 11 is 1.47. The topological polar surface area (TPSA) is 72.9 Å². The molecule has 2 heterocycles. The maximum Gasteiger partial charge on any atom is 0.343 e. The second-order valence-corrected chi connectivity index (χ2v) is 12.0. The molecule has 0 amide bonds. The fourth-order valence-electron chi connectivity index (χ4n) is 5.48. The molecule has 7 heteroatoms. The zero-order chi connectivity index (χ0) is 30.5. The number of rotatable bonds is 10. The molecule has 0 N–H and O–H groups in total. The summed E-state index contributed by atoms with van der Waals surface area (Å²) in [5.41, 5.74) is 3.01. The number of carbonyl (C=O) groups is 3. The van der Waals surface area contributed by atoms with E-state index >= 15 is 0 Å². The quantitative estimate of drug-likeness (QED) is 0.0913. The zero-order valence-corrected chi connectivity index (χ0v) is 25.4. The molecule has 1 aliphatic heterocycles. The number of hydrogen-bond donors (Lipinski definition) is 0. The van der Waals surface area contributed by atoms with Gasteiger partial charge in [-0.15, -0.1) is 11.3 Å². The van der Waals surface area contributed by atoms with E-state index in [0.29, 0.717) is 34.6 Å². The molecule has 0 aliphatic carbocycles. The summed E-state index contributed by atoms with van der Waals surface area (Å²) in [6.07, 6.45) is 3.80. The largest absolute Gasteiger partial charge is 0.492 e. The van der Waals surface area contributed by atoms with E-state index < -0.39 is 5.97 Å². The number of nitrogens with zero attached hydrogens (tertiary/aromatic N) is 1. The van der Waals surface area contributed by atoms with E-state index in [1.807, 2.05) is 54.6 Å². The molecule has 6 rings (SSSR count). The lowest BCUT2D eigenvalue weighted by Gasteiger charge is -2.26. The monoisotopic (exact) mass is 603 g/mol. The van der Waals surface area contributed by atoms with Crippen LogP contribution in [-0.4, -0.2) is 48.7 Å². The SMILES string of the molecule is CC(=O)c1ccc2c(C(=O)c3ccc(OCCN4CCCCC4)cc3)c(-c3ccc(OC(=O)c4ccccc4)cc3)sc2c1. The lowest BCUT2D eigenvalue weighted by atomic mass is 9.96. The highest BCUT2D eigenvalue weighted by Crippen LogP contribution is 2.41. The molecule has 1 aliphatic rings. The number of ketones is 2. The van der Waals surface area contributed by atoms with Crippen LogP contribution in [0, 0.1) is 0 Å². The molecule has 0 radical (unpaired) electrons. The average Bonchev–Trinajstić information content (AvgIpc) is 3.45. The van der Waals surface area contributed by atoms with Gasteiger partial charge in [0.25, 0.3) is 0 Å². The third kappa shape index (κ3) is 6.64. The minimum atomic E-state index is -0.438. The van der Waals surface area contributed by atoms with Gasteiger partial charge in [0.1, 0.15) is 18.1 Å². The van der Waals surface area contributed by atoms with Crippen molar-refractivity contribution in [2.24, 2.45) is 0 Å². The first-order valence-electron chi connectivity index (χ1n) is 14.9. The van der Waals surface area contributed by atoms with Crippen molar-refractivity contribution in [3.05, 3.63) is 119 Å². The normalized spacial score (nSPS) is 13.5. The predicted molar refractivity (Wildman–Crippen MR) is 174 cm³/mol. The Morgan fingerprint density at radius 1 is 0.750 bits per heavy atom. The summed E-state index contributed by atoms with van der Waals surface area (Å²) in [5, 5.41) is 0.793. The number of Topliss-reactive ketones (excluding diaryl/α,β-unsaturated/α-hetero) is 1. The molecular weight excluding hydrogens is 570 g/mol. The summed E-state index contributed by atoms with van der Waals surface area (Å²) in [4.78, 5) is 41.9. The highest BCUT2D eigenvalue weighted by molar-refractivity contribution is 7.22. The maximum atomic E-state index is 14.1. The molecule has 5 aromatic rings. The molecule has 0 spiro atoms. The number of hydrogen-bond acceptors (Lipinski definition) is 7. The van der Waals surface area contributed by atoms with Crippen LogP contribution in [0.15, 0.2) is 97.1 Å². The number of esters is 1. The van der Waals surface area contributed by atoms with Crippen molar-refractivity contribution in [1.82, 2.24) is 4.90 Å². The first-order valence-corrected chi connectivity index (χ1v) is 15.7. The highest BCUT2D eigenvalue weighted by Gasteiger charge is 2.23. The molecule has 0 unspecified atom stereocenters. The Morgan fingerprint density at radius 3 is 2.14 bits per heavy atom. The Hall–Kier alpha value is -4.59. The van der Waals surface area contributed by atoms with Gasteiger partial charge in [-0.05, 0) is 105 Å². The number of ether oxygens (including phenoxy) is 2. The molecular formula is C37H33NO5S. The molecule has 0 bridgehead atoms. The minimum absolute atomic E-state index is 0.0322. The van der Waals surface area contributed by atoms with Crippen molar-refractivity contribution in [3.63, 3.8) is 0 Å². The van der Waals surface area contributed by atoms with Crippen LogP contribution in [0.3, 0.4) is 0 Å². The highest BCUT2D eigenvalue weighted by atomic mass is 32.1. The number of likely N-dealkylation sites (tertiary alicyclic amines) is 1. The summed E-state index contributed by atoms with van der Waals surface area (Å²) in [6, 6.07) is 28.8. The molecule has 1 saturated heterocycles. The molecule has 1 aromatic heterocycles. The van der Waals surface area contributed by atoms with E-state index in [9.17, 15) is 14.4 Å². The lowest BCUT2D eigenvalue weighted by molar-refractivity contribution is 0.0734. The van der Waals surface area contributed by atoms with Crippen molar-refractivity contribution in [2.45, 2.75) is 26.2 Å². The smallest absolute Gasteiger partial charge is 0.343 e. The van der Waals surface area contributed by atoms with Gasteiger partial charge < -0.3 is 9.47 Å². The van der Waals surface area contributed by atoms with Gasteiger partial charge in [-0.2, -0.15) is 0 Å². The van der Waals surface area contributed by atoms with E-state index in [-0.39, 0.29) is 11.6 Å². The van der Waals surface area contributed by atoms with E-state index in [1.54, 1.807) is 42.5 Å². The molecule has 0 saturated carbocycles. The Kier molecular flexibility index (Phi) is 8.96. The van der Waals surface area contributed by atoms with E-state index in [2.05, 4.69) is 4.90 Å². The van der Waals surface area contributed by atoms with Crippen molar-refractivity contribution in [3.8, 4) is 21.9 Å². The molecule has 44 heavy (non-hydrogen) atoms. The van der Waals surface area contributed by atoms with Gasteiger partial charge in [0.05, 0.1) is 5.56 Å². The average molecular weight is 604 g/mol. The van der Waals surface area contributed by atoms with Crippen LogP contribution in [0.5, 0.6) is 11.5 Å². The van der Waals surface area contributed by atoms with E-state index in [4.69, 9.17) is 9.47 Å². The number of benzene rings is 4. The summed E-state index contributed by atoms with van der Waals surface area (Å²) in [6.45, 7) is 5.30. The summed E-state index contributed by atoms with van der Waals surface area (Å²) < 4.78 is 12.4. The molecule has 6 nitrogen and oxygen atoms in total. The second kappa shape index (κ2) is 13.4. The first-order chi connectivity index (χ1) is 21.5. The van der Waals surface area contributed by atoms with Gasteiger partial charge in [-0.1, -0.05) is 36.8 Å². The third-order valence-electron chi connectivity index (χ3n) is 7.90. The molecule has 222 valence electrons. The third-order valence-corrected chi connectivity index (χ3v) is 9.10. The summed E-state index contributed by atoms with van der Waals surface area (Å²) in [7, 11) is 0. The fraction of sp³-hybridized carbons (Fsp3) is 0.216. The molecule has 1 fully saturated rings. The fourth-order valence-corrected chi connectivity index (χ4v) is 6.73. The molecule has 4 aromatic carbocycles. The number of thiophene rings is 1. The lowest BCUT2D eigenvalue weighted by Crippen LogP contribution is -2.33. The van der Waals surface area contributed by atoms with E-state index in [1.165, 1.54) is 37.5 Å². The minimum Gasteiger partial charge on any atom is -0.492 e. The Morgan fingerprint density at radius 2 is 1.43 bits per heavy atom. The Bertz CT molecular complexity index is 1790. The van der Waals surface area contributed by atoms with Crippen LogP contribution in [0.25, 0.3) is 20.5 Å². The number of fused-ring (bicyclic) bond motifs is 1. The first kappa shape index (κ1) is 29.5. The van der Waals surface area contributed by atoms with Gasteiger partial charge in [-0.25, -0.2) is 4.79 Å². The number of piperidine rings is 1. The van der Waals surface area contributed by atoms with Crippen LogP contribution >= 0.6 is 11.3 Å². The second-order valence-electron chi connectivity index (χ2n) is 11.0. The van der Waals surface area contributed by atoms with Gasteiger partial charge >= 0.3 is 5.97 Å². The van der Waals surface area contributed by atoms with Gasteiger partial charge in [0, 0.05) is 38.2 Å². The van der Waals surface area contributed by atoms with Crippen LogP contribution < -0.4 is 9.47 Å². The van der Waals surface area contributed by atoms with E-state index in [0.717, 1.165) is 45.9 Å². The predicted octanol–water partition coefficient (Wildman–Crippen LogP) is 8.09. The summed E-state index contributed by atoms with van der Waals surface area (Å²) in [5.74, 6) is 0.565. The van der Waals surface area contributed by atoms with Crippen LogP contribution in [0.1, 0.15) is 62.8 Å². The van der Waals surface area contributed by atoms with Crippen LogP contribution in [-0.2, 0) is 0 Å². The zero-order valence-electron chi connectivity index (χ0n) is 24.6. The van der Waals surface area contributed by atoms with Crippen LogP contribution in [0.2, 0.25) is 0 Å². The number of carbonyl (C=O) groups excluding carboxylic acids is 3. The van der Waals surface area contributed by atoms with Gasteiger partial charge in [-0.3, -0.25) is 14.5 Å². The maximum absolute atomic E-state index is 14.1. The Labute approximate surface area is 260 Å². The van der Waals surface area contributed by atoms with Crippen molar-refractivity contribution >= 4 is 39.0 Å². The van der Waals surface area contributed by atoms with Crippen molar-refractivity contribution in [2.75, 3.05) is 26.2 Å². The van der Waals surface area contributed by atoms with Crippen LogP contribution in [0.4, 0.5) is 0 Å². The van der Waals surface area contributed by atoms with Crippen molar-refractivity contribution in [1.29, 1.82) is 0 Å². The molecule has 0 atom stereocenters.